The highest BCUT2D eigenvalue weighted by Gasteiger charge is 2.27. The fourth-order valence-corrected chi connectivity index (χ4v) is 4.50. The zero-order chi connectivity index (χ0) is 25.6. The molecular formula is C28H29N5O4. The SMILES string of the molecule is Cc1ccccc1-c1noc(CN2CCC(C(=O)Nc3ccccc3C(=O)NCc3ccco3)CC2)n1. The lowest BCUT2D eigenvalue weighted by Crippen LogP contribution is -2.38. The number of aromatic nitrogens is 2. The number of amides is 2. The van der Waals surface area contributed by atoms with Crippen molar-refractivity contribution in [2.75, 3.05) is 18.4 Å². The molecule has 1 aliphatic heterocycles. The molecule has 4 aromatic rings. The van der Waals surface area contributed by atoms with Crippen LogP contribution in [0.5, 0.6) is 0 Å². The maximum Gasteiger partial charge on any atom is 0.253 e. The number of rotatable bonds is 8. The van der Waals surface area contributed by atoms with Crippen molar-refractivity contribution in [1.29, 1.82) is 0 Å². The molecule has 2 N–H and O–H groups in total. The summed E-state index contributed by atoms with van der Waals surface area (Å²) >= 11 is 0. The summed E-state index contributed by atoms with van der Waals surface area (Å²) in [5.74, 6) is 1.33. The maximum atomic E-state index is 13.0. The number of para-hydroxylation sites is 1. The summed E-state index contributed by atoms with van der Waals surface area (Å²) < 4.78 is 10.7. The van der Waals surface area contributed by atoms with Gasteiger partial charge in [-0.1, -0.05) is 41.6 Å². The molecule has 1 fully saturated rings. The number of likely N-dealkylation sites (tertiary alicyclic amines) is 1. The van der Waals surface area contributed by atoms with Crippen LogP contribution >= 0.6 is 0 Å². The third-order valence-corrected chi connectivity index (χ3v) is 6.60. The number of benzene rings is 2. The largest absolute Gasteiger partial charge is 0.467 e. The molecule has 0 saturated carbocycles. The van der Waals surface area contributed by atoms with E-state index in [1.807, 2.05) is 31.2 Å². The van der Waals surface area contributed by atoms with Gasteiger partial charge in [-0.2, -0.15) is 4.98 Å². The second-order valence-corrected chi connectivity index (χ2v) is 9.17. The third kappa shape index (κ3) is 5.95. The van der Waals surface area contributed by atoms with Gasteiger partial charge >= 0.3 is 0 Å². The molecule has 2 amide bonds. The van der Waals surface area contributed by atoms with E-state index in [0.29, 0.717) is 48.1 Å². The molecule has 37 heavy (non-hydrogen) atoms. The van der Waals surface area contributed by atoms with E-state index in [9.17, 15) is 9.59 Å². The minimum Gasteiger partial charge on any atom is -0.467 e. The summed E-state index contributed by atoms with van der Waals surface area (Å²) in [7, 11) is 0. The number of nitrogens with zero attached hydrogens (tertiary/aromatic N) is 3. The van der Waals surface area contributed by atoms with E-state index < -0.39 is 0 Å². The maximum absolute atomic E-state index is 13.0. The number of nitrogens with one attached hydrogen (secondary N) is 2. The van der Waals surface area contributed by atoms with Crippen LogP contribution in [0.2, 0.25) is 0 Å². The van der Waals surface area contributed by atoms with E-state index >= 15 is 0 Å². The van der Waals surface area contributed by atoms with Gasteiger partial charge in [0, 0.05) is 11.5 Å². The lowest BCUT2D eigenvalue weighted by Gasteiger charge is -2.30. The molecule has 0 radical (unpaired) electrons. The summed E-state index contributed by atoms with van der Waals surface area (Å²) in [6.45, 7) is 4.33. The van der Waals surface area contributed by atoms with Crippen molar-refractivity contribution >= 4 is 17.5 Å². The number of hydrogen-bond donors (Lipinski definition) is 2. The molecule has 1 saturated heterocycles. The molecule has 0 atom stereocenters. The summed E-state index contributed by atoms with van der Waals surface area (Å²) in [4.78, 5) is 32.5. The van der Waals surface area contributed by atoms with Crippen molar-refractivity contribution in [3.63, 3.8) is 0 Å². The number of carbonyl (C=O) groups is 2. The molecule has 2 aromatic heterocycles. The number of piperidine rings is 1. The van der Waals surface area contributed by atoms with Gasteiger partial charge in [-0.05, 0) is 62.7 Å². The average Bonchev–Trinajstić information content (AvgIpc) is 3.61. The second-order valence-electron chi connectivity index (χ2n) is 9.17. The van der Waals surface area contributed by atoms with E-state index in [1.165, 1.54) is 0 Å². The van der Waals surface area contributed by atoms with Gasteiger partial charge in [0.1, 0.15) is 5.76 Å². The smallest absolute Gasteiger partial charge is 0.253 e. The van der Waals surface area contributed by atoms with Crippen LogP contribution in [0.1, 0.15) is 40.4 Å². The second kappa shape index (κ2) is 11.2. The fourth-order valence-electron chi connectivity index (χ4n) is 4.50. The van der Waals surface area contributed by atoms with E-state index in [0.717, 1.165) is 24.2 Å². The number of aryl methyl sites for hydroxylation is 1. The molecule has 0 bridgehead atoms. The third-order valence-electron chi connectivity index (χ3n) is 6.60. The van der Waals surface area contributed by atoms with Crippen LogP contribution < -0.4 is 10.6 Å². The normalized spacial score (nSPS) is 14.4. The van der Waals surface area contributed by atoms with Crippen molar-refractivity contribution in [3.8, 4) is 11.4 Å². The standard InChI is InChI=1S/C28H29N5O4/c1-19-7-2-3-9-22(19)26-31-25(37-32-26)18-33-14-12-20(13-15-33)27(34)30-24-11-5-4-10-23(24)28(35)29-17-21-8-6-16-36-21/h2-11,16,20H,12-15,17-18H2,1H3,(H,29,35)(H,30,34). The van der Waals surface area contributed by atoms with Crippen LogP contribution in [0.4, 0.5) is 5.69 Å². The Morgan fingerprint density at radius 1 is 1.03 bits per heavy atom. The fraction of sp³-hybridized carbons (Fsp3) is 0.286. The van der Waals surface area contributed by atoms with Crippen LogP contribution in [0.15, 0.2) is 75.9 Å². The number of hydrogen-bond acceptors (Lipinski definition) is 7. The molecule has 1 aliphatic rings. The first kappa shape index (κ1) is 24.5. The topological polar surface area (TPSA) is 114 Å². The van der Waals surface area contributed by atoms with Crippen LogP contribution in [0.3, 0.4) is 0 Å². The van der Waals surface area contributed by atoms with Gasteiger partial charge in [0.15, 0.2) is 0 Å². The molecule has 9 heteroatoms. The predicted octanol–water partition coefficient (Wildman–Crippen LogP) is 4.42. The van der Waals surface area contributed by atoms with Crippen molar-refractivity contribution in [2.24, 2.45) is 5.92 Å². The van der Waals surface area contributed by atoms with Crippen LogP contribution in [0.25, 0.3) is 11.4 Å². The Kier molecular flexibility index (Phi) is 7.41. The van der Waals surface area contributed by atoms with E-state index in [2.05, 4.69) is 25.7 Å². The van der Waals surface area contributed by atoms with E-state index in [-0.39, 0.29) is 24.3 Å². The summed E-state index contributed by atoms with van der Waals surface area (Å²) in [5, 5.41) is 9.93. The molecule has 0 aliphatic carbocycles. The van der Waals surface area contributed by atoms with Crippen LogP contribution in [0, 0.1) is 12.8 Å². The molecule has 190 valence electrons. The minimum atomic E-state index is -0.272. The summed E-state index contributed by atoms with van der Waals surface area (Å²) in [6, 6.07) is 18.5. The van der Waals surface area contributed by atoms with Crippen molar-refractivity contribution in [1.82, 2.24) is 20.4 Å². The Morgan fingerprint density at radius 3 is 2.59 bits per heavy atom. The van der Waals surface area contributed by atoms with Gasteiger partial charge < -0.3 is 19.6 Å². The van der Waals surface area contributed by atoms with Crippen molar-refractivity contribution in [2.45, 2.75) is 32.9 Å². The number of carbonyl (C=O) groups excluding carboxylic acids is 2. The Labute approximate surface area is 214 Å². The molecule has 5 rings (SSSR count). The predicted molar refractivity (Wildman–Crippen MR) is 137 cm³/mol. The van der Waals surface area contributed by atoms with Crippen LogP contribution in [-0.2, 0) is 17.9 Å². The number of furan rings is 1. The zero-order valence-corrected chi connectivity index (χ0v) is 20.6. The Morgan fingerprint density at radius 2 is 1.81 bits per heavy atom. The van der Waals surface area contributed by atoms with Gasteiger partial charge in [-0.3, -0.25) is 14.5 Å². The quantitative estimate of drug-likeness (QED) is 0.369. The van der Waals surface area contributed by atoms with Crippen molar-refractivity contribution < 1.29 is 18.5 Å². The molecule has 3 heterocycles. The first-order valence-electron chi connectivity index (χ1n) is 12.4. The molecule has 9 nitrogen and oxygen atoms in total. The van der Waals surface area contributed by atoms with E-state index in [4.69, 9.17) is 8.94 Å². The van der Waals surface area contributed by atoms with Crippen LogP contribution in [-0.4, -0.2) is 39.9 Å². The lowest BCUT2D eigenvalue weighted by molar-refractivity contribution is -0.121. The Bertz CT molecular complexity index is 1360. The number of anilines is 1. The van der Waals surface area contributed by atoms with Gasteiger partial charge in [-0.25, -0.2) is 0 Å². The zero-order valence-electron chi connectivity index (χ0n) is 20.6. The lowest BCUT2D eigenvalue weighted by atomic mass is 9.95. The minimum absolute atomic E-state index is 0.0782. The molecule has 0 spiro atoms. The first-order valence-corrected chi connectivity index (χ1v) is 12.4. The van der Waals surface area contributed by atoms with Crippen molar-refractivity contribution in [3.05, 3.63) is 89.7 Å². The summed E-state index contributed by atoms with van der Waals surface area (Å²) in [6.07, 6.45) is 2.97. The highest BCUT2D eigenvalue weighted by atomic mass is 16.5. The Balaban J connectivity index is 1.13. The molecule has 0 unspecified atom stereocenters. The monoisotopic (exact) mass is 499 g/mol. The highest BCUT2D eigenvalue weighted by Crippen LogP contribution is 2.24. The summed E-state index contributed by atoms with van der Waals surface area (Å²) in [5.41, 5.74) is 2.98. The molecular weight excluding hydrogens is 470 g/mol. The first-order chi connectivity index (χ1) is 18.1. The average molecular weight is 500 g/mol. The Hall–Kier alpha value is -4.24. The van der Waals surface area contributed by atoms with E-state index in [1.54, 1.807) is 42.7 Å². The van der Waals surface area contributed by atoms with Gasteiger partial charge in [-0.15, -0.1) is 0 Å². The van der Waals surface area contributed by atoms with Gasteiger partial charge in [0.2, 0.25) is 17.6 Å². The van der Waals surface area contributed by atoms with Gasteiger partial charge in [0.25, 0.3) is 5.91 Å². The van der Waals surface area contributed by atoms with Gasteiger partial charge in [0.05, 0.1) is 30.6 Å². The molecule has 2 aromatic carbocycles. The highest BCUT2D eigenvalue weighted by molar-refractivity contribution is 6.04.